The van der Waals surface area contributed by atoms with Crippen LogP contribution in [-0.4, -0.2) is 60.5 Å². The number of fused-ring (bicyclic) bond motifs is 1. The van der Waals surface area contributed by atoms with Gasteiger partial charge < -0.3 is 14.5 Å². The summed E-state index contributed by atoms with van der Waals surface area (Å²) >= 11 is 0. The van der Waals surface area contributed by atoms with Crippen molar-refractivity contribution in [1.82, 2.24) is 9.80 Å². The van der Waals surface area contributed by atoms with Crippen molar-refractivity contribution in [1.29, 1.82) is 0 Å². The van der Waals surface area contributed by atoms with E-state index in [2.05, 4.69) is 0 Å². The van der Waals surface area contributed by atoms with E-state index < -0.39 is 11.7 Å². The van der Waals surface area contributed by atoms with Gasteiger partial charge >= 0.3 is 6.18 Å². The van der Waals surface area contributed by atoms with Crippen LogP contribution in [0, 0.1) is 0 Å². The molecule has 0 aliphatic carbocycles. The average Bonchev–Trinajstić information content (AvgIpc) is 3.10. The smallest absolute Gasteiger partial charge is 0.383 e. The number of nitrogens with zero attached hydrogens (tertiary/aromatic N) is 2. The number of methoxy groups -OCH3 is 1. The Hall–Kier alpha value is -2.09. The summed E-state index contributed by atoms with van der Waals surface area (Å²) in [7, 11) is 1.56. The monoisotopic (exact) mass is 356 g/mol. The zero-order valence-corrected chi connectivity index (χ0v) is 13.8. The molecule has 3 rings (SSSR count). The van der Waals surface area contributed by atoms with Gasteiger partial charge in [0.05, 0.1) is 24.3 Å². The molecule has 2 atom stereocenters. The van der Waals surface area contributed by atoms with Gasteiger partial charge in [-0.25, -0.2) is 0 Å². The van der Waals surface area contributed by atoms with Gasteiger partial charge in [0.25, 0.3) is 5.91 Å². The van der Waals surface area contributed by atoms with Crippen molar-refractivity contribution in [3.63, 3.8) is 0 Å². The first-order valence-electron chi connectivity index (χ1n) is 8.09. The molecular weight excluding hydrogens is 337 g/mol. The molecule has 2 fully saturated rings. The molecule has 2 unspecified atom stereocenters. The molecule has 0 radical (unpaired) electrons. The van der Waals surface area contributed by atoms with Crippen molar-refractivity contribution in [3.05, 3.63) is 35.4 Å². The summed E-state index contributed by atoms with van der Waals surface area (Å²) in [5.41, 5.74) is -0.582. The number of carbonyl (C=O) groups excluding carboxylic acids is 2. The SMILES string of the molecule is COCCN1C(=O)CC2C1CCN2C(=O)c1ccc(C(F)(F)F)cc1. The second-order valence-corrected chi connectivity index (χ2v) is 6.28. The third-order valence-corrected chi connectivity index (χ3v) is 4.87. The predicted molar refractivity (Wildman–Crippen MR) is 82.9 cm³/mol. The lowest BCUT2D eigenvalue weighted by Gasteiger charge is -2.25. The first-order valence-corrected chi connectivity index (χ1v) is 8.09. The van der Waals surface area contributed by atoms with Crippen LogP contribution in [0.15, 0.2) is 24.3 Å². The maximum absolute atomic E-state index is 12.7. The second-order valence-electron chi connectivity index (χ2n) is 6.28. The zero-order chi connectivity index (χ0) is 18.2. The van der Waals surface area contributed by atoms with E-state index >= 15 is 0 Å². The fourth-order valence-electron chi connectivity index (χ4n) is 3.63. The Labute approximate surface area is 143 Å². The Balaban J connectivity index is 1.73. The van der Waals surface area contributed by atoms with Gasteiger partial charge in [-0.05, 0) is 30.7 Å². The standard InChI is InChI=1S/C17H19F3N2O3/c1-25-9-8-21-13-6-7-22(14(13)10-15(21)23)16(24)11-2-4-12(5-3-11)17(18,19)20/h2-5,13-14H,6-10H2,1H3. The number of carbonyl (C=O) groups is 2. The van der Waals surface area contributed by atoms with Crippen LogP contribution in [0.4, 0.5) is 13.2 Å². The number of hydrogen-bond donors (Lipinski definition) is 0. The Morgan fingerprint density at radius 2 is 1.92 bits per heavy atom. The molecule has 25 heavy (non-hydrogen) atoms. The van der Waals surface area contributed by atoms with E-state index in [-0.39, 0.29) is 35.9 Å². The zero-order valence-electron chi connectivity index (χ0n) is 13.8. The number of amides is 2. The lowest BCUT2D eigenvalue weighted by atomic mass is 10.1. The molecule has 0 saturated carbocycles. The molecule has 0 N–H and O–H groups in total. The van der Waals surface area contributed by atoms with Crippen LogP contribution in [0.1, 0.15) is 28.8 Å². The van der Waals surface area contributed by atoms with Gasteiger partial charge in [-0.3, -0.25) is 9.59 Å². The fourth-order valence-corrected chi connectivity index (χ4v) is 3.63. The van der Waals surface area contributed by atoms with E-state index in [4.69, 9.17) is 4.74 Å². The summed E-state index contributed by atoms with van der Waals surface area (Å²) < 4.78 is 42.9. The molecule has 1 aromatic rings. The largest absolute Gasteiger partial charge is 0.416 e. The molecule has 1 aromatic carbocycles. The molecule has 0 spiro atoms. The summed E-state index contributed by atoms with van der Waals surface area (Å²) in [6, 6.07) is 3.94. The van der Waals surface area contributed by atoms with Gasteiger partial charge in [-0.2, -0.15) is 13.2 Å². The van der Waals surface area contributed by atoms with Crippen molar-refractivity contribution in [2.45, 2.75) is 31.1 Å². The molecule has 2 aliphatic heterocycles. The first kappa shape index (κ1) is 17.7. The minimum atomic E-state index is -4.43. The Morgan fingerprint density at radius 3 is 2.52 bits per heavy atom. The predicted octanol–water partition coefficient (Wildman–Crippen LogP) is 2.17. The van der Waals surface area contributed by atoms with Crippen LogP contribution in [0.3, 0.4) is 0 Å². The Kier molecular flexibility index (Phi) is 4.73. The maximum atomic E-state index is 12.7. The van der Waals surface area contributed by atoms with Gasteiger partial charge in [-0.1, -0.05) is 0 Å². The molecule has 0 aromatic heterocycles. The summed E-state index contributed by atoms with van der Waals surface area (Å²) in [6.07, 6.45) is -3.51. The van der Waals surface area contributed by atoms with Crippen LogP contribution in [0.25, 0.3) is 0 Å². The second kappa shape index (κ2) is 6.67. The summed E-state index contributed by atoms with van der Waals surface area (Å²) in [5.74, 6) is -0.348. The van der Waals surface area contributed by atoms with Gasteiger partial charge in [0.1, 0.15) is 0 Å². The van der Waals surface area contributed by atoms with Crippen LogP contribution in [0.5, 0.6) is 0 Å². The number of alkyl halides is 3. The highest BCUT2D eigenvalue weighted by molar-refractivity contribution is 5.95. The molecule has 2 aliphatic rings. The van der Waals surface area contributed by atoms with E-state index in [9.17, 15) is 22.8 Å². The van der Waals surface area contributed by atoms with E-state index in [1.807, 2.05) is 0 Å². The van der Waals surface area contributed by atoms with Crippen molar-refractivity contribution in [2.75, 3.05) is 26.8 Å². The molecule has 2 saturated heterocycles. The van der Waals surface area contributed by atoms with Crippen molar-refractivity contribution >= 4 is 11.8 Å². The highest BCUT2D eigenvalue weighted by Gasteiger charge is 2.48. The van der Waals surface area contributed by atoms with Crippen molar-refractivity contribution < 1.29 is 27.5 Å². The van der Waals surface area contributed by atoms with Crippen molar-refractivity contribution in [2.24, 2.45) is 0 Å². The third kappa shape index (κ3) is 3.35. The molecule has 2 amide bonds. The van der Waals surface area contributed by atoms with E-state index in [1.54, 1.807) is 16.9 Å². The average molecular weight is 356 g/mol. The number of rotatable bonds is 4. The number of halogens is 3. The van der Waals surface area contributed by atoms with E-state index in [0.717, 1.165) is 12.1 Å². The number of ether oxygens (including phenoxy) is 1. The van der Waals surface area contributed by atoms with Crippen LogP contribution in [-0.2, 0) is 15.7 Å². The summed E-state index contributed by atoms with van der Waals surface area (Å²) in [6.45, 7) is 1.41. The highest BCUT2D eigenvalue weighted by Crippen LogP contribution is 2.34. The van der Waals surface area contributed by atoms with Crippen LogP contribution < -0.4 is 0 Å². The summed E-state index contributed by atoms with van der Waals surface area (Å²) in [4.78, 5) is 28.2. The molecule has 8 heteroatoms. The number of likely N-dealkylation sites (tertiary alicyclic amines) is 2. The maximum Gasteiger partial charge on any atom is 0.416 e. The van der Waals surface area contributed by atoms with Gasteiger partial charge in [0.2, 0.25) is 5.91 Å². The first-order chi connectivity index (χ1) is 11.8. The Morgan fingerprint density at radius 1 is 1.24 bits per heavy atom. The third-order valence-electron chi connectivity index (χ3n) is 4.87. The molecule has 0 bridgehead atoms. The van der Waals surface area contributed by atoms with Gasteiger partial charge in [-0.15, -0.1) is 0 Å². The highest BCUT2D eigenvalue weighted by atomic mass is 19.4. The van der Waals surface area contributed by atoms with Gasteiger partial charge in [0, 0.05) is 32.2 Å². The fraction of sp³-hybridized carbons (Fsp3) is 0.529. The van der Waals surface area contributed by atoms with E-state index in [0.29, 0.717) is 26.1 Å². The Bertz CT molecular complexity index is 660. The minimum Gasteiger partial charge on any atom is -0.383 e. The topological polar surface area (TPSA) is 49.9 Å². The summed E-state index contributed by atoms with van der Waals surface area (Å²) in [5, 5.41) is 0. The van der Waals surface area contributed by atoms with Crippen LogP contribution in [0.2, 0.25) is 0 Å². The molecule has 136 valence electrons. The quantitative estimate of drug-likeness (QED) is 0.831. The minimum absolute atomic E-state index is 0.0167. The van der Waals surface area contributed by atoms with Crippen molar-refractivity contribution in [3.8, 4) is 0 Å². The van der Waals surface area contributed by atoms with Gasteiger partial charge in [0.15, 0.2) is 0 Å². The molecule has 5 nitrogen and oxygen atoms in total. The lowest BCUT2D eigenvalue weighted by molar-refractivity contribution is -0.137. The van der Waals surface area contributed by atoms with Crippen LogP contribution >= 0.6 is 0 Å². The molecular formula is C17H19F3N2O3. The molecule has 2 heterocycles. The lowest BCUT2D eigenvalue weighted by Crippen LogP contribution is -2.40. The number of benzene rings is 1. The van der Waals surface area contributed by atoms with E-state index in [1.165, 1.54) is 12.1 Å². The number of hydrogen-bond acceptors (Lipinski definition) is 3. The normalized spacial score (nSPS) is 23.3.